The van der Waals surface area contributed by atoms with Crippen LogP contribution in [0, 0.1) is 0 Å². The van der Waals surface area contributed by atoms with Crippen LogP contribution >= 0.6 is 0 Å². The fourth-order valence-corrected chi connectivity index (χ4v) is 5.29. The van der Waals surface area contributed by atoms with Crippen molar-refractivity contribution < 1.29 is 167 Å². The third-order valence-electron chi connectivity index (χ3n) is 8.74. The number of hydroxylamine groups is 2. The molecule has 2 aromatic carbocycles. The van der Waals surface area contributed by atoms with Crippen LogP contribution in [0.25, 0.3) is 0 Å². The molecule has 9 N–H and O–H groups in total. The van der Waals surface area contributed by atoms with Crippen LogP contribution in [0.15, 0.2) is 42.5 Å². The van der Waals surface area contributed by atoms with Gasteiger partial charge >= 0.3 is 102 Å². The smallest absolute Gasteiger partial charge is 0.495 e. The van der Waals surface area contributed by atoms with Gasteiger partial charge in [-0.1, -0.05) is 24.3 Å². The van der Waals surface area contributed by atoms with Crippen LogP contribution in [0.4, 0.5) is 65.9 Å². The first-order chi connectivity index (χ1) is 35.8. The van der Waals surface area contributed by atoms with Crippen LogP contribution in [0.3, 0.4) is 0 Å². The molecule has 0 aliphatic rings. The Hall–Kier alpha value is -8.31. The zero-order valence-corrected chi connectivity index (χ0v) is 38.5. The lowest BCUT2D eigenvalue weighted by atomic mass is 9.86. The Bertz CT molecular complexity index is 2600. The predicted molar refractivity (Wildman–Crippen MR) is 208 cm³/mol. The lowest BCUT2D eigenvalue weighted by Gasteiger charge is -2.49. The average molecular weight is 1180 g/mol. The number of para-hydroxylation sites is 1. The van der Waals surface area contributed by atoms with Crippen LogP contribution in [0.1, 0.15) is 25.0 Å². The summed E-state index contributed by atoms with van der Waals surface area (Å²) >= 11 is 0. The number of benzene rings is 2. The van der Waals surface area contributed by atoms with Crippen LogP contribution in [0.2, 0.25) is 0 Å². The fraction of sp³-hybridized carbons (Fsp3) is 0.421. The highest BCUT2D eigenvalue weighted by atomic mass is 19.4. The Balaban J connectivity index is 3.08. The molecule has 2 aromatic rings. The summed E-state index contributed by atoms with van der Waals surface area (Å²) in [6, 6.07) is -0.381. The van der Waals surface area contributed by atoms with Crippen molar-refractivity contribution in [2.75, 3.05) is 13.1 Å². The van der Waals surface area contributed by atoms with E-state index in [2.05, 4.69) is 28.9 Å². The maximum atomic E-state index is 14.1. The van der Waals surface area contributed by atoms with Gasteiger partial charge in [0.1, 0.15) is 42.4 Å². The highest BCUT2D eigenvalue weighted by Gasteiger charge is 2.75. The molecule has 0 radical (unpaired) electrons. The van der Waals surface area contributed by atoms with E-state index in [9.17, 15) is 119 Å². The maximum Gasteiger partial charge on any atom is 0.495 e. The van der Waals surface area contributed by atoms with Gasteiger partial charge in [0.25, 0.3) is 0 Å². The van der Waals surface area contributed by atoms with E-state index in [-0.39, 0.29) is 13.8 Å². The Morgan fingerprint density at radius 1 is 0.506 bits per heavy atom. The van der Waals surface area contributed by atoms with Crippen molar-refractivity contribution >= 4 is 59.7 Å². The van der Waals surface area contributed by atoms with E-state index in [1.165, 1.54) is 0 Å². The predicted octanol–water partition coefficient (Wildman–Crippen LogP) is 0.854. The number of aromatic hydroxyl groups is 1. The number of carbonyl (C=O) groups excluding carboxylic acids is 10. The summed E-state index contributed by atoms with van der Waals surface area (Å²) < 4.78 is 224. The molecular weight excluding hydrogens is 1150 g/mol. The van der Waals surface area contributed by atoms with E-state index in [4.69, 9.17) is 36.1 Å². The highest BCUT2D eigenvalue weighted by Crippen LogP contribution is 2.43. The lowest BCUT2D eigenvalue weighted by molar-refractivity contribution is -0.359. The molecule has 0 saturated heterocycles. The zero-order chi connectivity index (χ0) is 61.1. The monoisotopic (exact) mass is 1180 g/mol. The normalized spacial score (nSPS) is 13.9. The summed E-state index contributed by atoms with van der Waals surface area (Å²) in [5.74, 6) is -37.2. The molecule has 41 heteroatoms. The van der Waals surface area contributed by atoms with E-state index in [0.29, 0.717) is 24.3 Å². The van der Waals surface area contributed by atoms with Crippen molar-refractivity contribution in [1.82, 2.24) is 11.0 Å². The summed E-state index contributed by atoms with van der Waals surface area (Å²) in [4.78, 5) is 141. The van der Waals surface area contributed by atoms with Crippen LogP contribution in [0.5, 0.6) is 17.2 Å². The Morgan fingerprint density at radius 2 is 0.886 bits per heavy atom. The topological polar surface area (TPSA) is 385 Å². The van der Waals surface area contributed by atoms with Gasteiger partial charge in [0.2, 0.25) is 0 Å². The van der Waals surface area contributed by atoms with Crippen LogP contribution in [-0.4, -0.2) is 138 Å². The summed E-state index contributed by atoms with van der Waals surface area (Å²) in [7, 11) is 0. The highest BCUT2D eigenvalue weighted by molar-refractivity contribution is 5.89. The molecular formula is C38H32F15N5O21. The summed E-state index contributed by atoms with van der Waals surface area (Å²) in [6.45, 7) is -4.05. The second-order valence-corrected chi connectivity index (χ2v) is 15.1. The van der Waals surface area contributed by atoms with Crippen molar-refractivity contribution in [1.29, 1.82) is 0 Å². The van der Waals surface area contributed by atoms with E-state index in [1.54, 1.807) is 0 Å². The van der Waals surface area contributed by atoms with Crippen molar-refractivity contribution in [3.05, 3.63) is 53.6 Å². The number of esters is 6. The first-order valence-electron chi connectivity index (χ1n) is 20.0. The molecule has 0 aliphatic heterocycles. The van der Waals surface area contributed by atoms with Gasteiger partial charge in [-0.05, 0) is 37.1 Å². The molecule has 0 saturated carbocycles. The molecule has 79 heavy (non-hydrogen) atoms. The molecule has 0 fully saturated rings. The van der Waals surface area contributed by atoms with E-state index >= 15 is 0 Å². The molecule has 0 amide bonds. The number of hydrogen-bond donors (Lipinski definition) is 6. The zero-order valence-electron chi connectivity index (χ0n) is 38.5. The third kappa shape index (κ3) is 18.7. The minimum atomic E-state index is -6.22. The largest absolute Gasteiger partial charge is 0.508 e. The molecule has 0 aromatic heterocycles. The lowest BCUT2D eigenvalue weighted by Crippen LogP contribution is -2.79. The van der Waals surface area contributed by atoms with Crippen LogP contribution in [-0.2, 0) is 99.2 Å². The second kappa shape index (κ2) is 25.4. The molecule has 2 rings (SSSR count). The number of phenolic OH excluding ortho intramolecular Hbond substituents is 1. The summed E-state index contributed by atoms with van der Waals surface area (Å²) in [5.41, 5.74) is 9.13. The number of alkyl halides is 15. The SMILES string of the molecule is CC(C)(OC(=O)C(N)Cc1ccc(O)cc1OC(=O)C(F)(F)F)C(OC(=O)CNOC(=O)C(F)(F)F)(OC(=O)CNOC(=O)C(F)(F)F)[C@@](N)(OC(=O)C(N)Cc1ccccc1OC(=O)C(F)(F)F)C(=O)OOC(=O)C(F)(F)F. The number of halogens is 15. The van der Waals surface area contributed by atoms with E-state index in [0.717, 1.165) is 29.2 Å². The number of carbonyl (C=O) groups is 10. The minimum Gasteiger partial charge on any atom is -0.508 e. The number of rotatable bonds is 21. The average Bonchev–Trinajstić information content (AvgIpc) is 3.29. The summed E-state index contributed by atoms with van der Waals surface area (Å²) in [5, 5.41) is 9.82. The quantitative estimate of drug-likeness (QED) is 0.0192. The van der Waals surface area contributed by atoms with Crippen LogP contribution < -0.4 is 37.6 Å². The van der Waals surface area contributed by atoms with Gasteiger partial charge in [0.05, 0.1) is 0 Å². The second-order valence-electron chi connectivity index (χ2n) is 15.1. The van der Waals surface area contributed by atoms with Gasteiger partial charge in [-0.3, -0.25) is 24.9 Å². The Kier molecular flexibility index (Phi) is 21.5. The van der Waals surface area contributed by atoms with Gasteiger partial charge in [-0.2, -0.15) is 65.9 Å². The molecule has 0 bridgehead atoms. The molecule has 0 aliphatic carbocycles. The van der Waals surface area contributed by atoms with Crippen molar-refractivity contribution in [2.45, 2.75) is 86.8 Å². The molecule has 26 nitrogen and oxygen atoms in total. The molecule has 2 unspecified atom stereocenters. The molecule has 3 atom stereocenters. The standard InChI is InChI=1S/C38H32F15N5O21/c1-31(2,74-23(62)17(54)10-15-7-8-16(59)11-20(15)71-27(66)34(42,43)44)38(72-21(60)12-57-76-28(67)35(45,46)47,73-22(61)13-58-77-29(68)36(48,49)50)32(56,25(64)78-79-30(69)37(51,52)53)75-24(63)18(55)9-14-5-3-4-6-19(14)70-26(65)33(39,40)41/h3-8,11,17-18,57-59H,9-10,12-13,54-56H2,1-2H3/t17?,18?,32-/m0/s1. The Labute approximate surface area is 425 Å². The molecule has 0 heterocycles. The number of hydrogen-bond acceptors (Lipinski definition) is 26. The van der Waals surface area contributed by atoms with Crippen molar-refractivity contribution in [2.24, 2.45) is 17.2 Å². The van der Waals surface area contributed by atoms with Crippen molar-refractivity contribution in [3.8, 4) is 17.2 Å². The van der Waals surface area contributed by atoms with Gasteiger partial charge < -0.3 is 54.7 Å². The van der Waals surface area contributed by atoms with E-state index in [1.807, 2.05) is 0 Å². The van der Waals surface area contributed by atoms with Gasteiger partial charge in [-0.25, -0.2) is 38.5 Å². The van der Waals surface area contributed by atoms with Gasteiger partial charge in [0.15, 0.2) is 5.60 Å². The minimum absolute atomic E-state index is 0.124. The number of ether oxygens (including phenoxy) is 6. The molecule has 440 valence electrons. The summed E-state index contributed by atoms with van der Waals surface area (Å²) in [6.07, 6.45) is -32.1. The van der Waals surface area contributed by atoms with Gasteiger partial charge in [0, 0.05) is 18.9 Å². The first-order valence-corrected chi connectivity index (χ1v) is 20.0. The Morgan fingerprint density at radius 3 is 1.32 bits per heavy atom. The van der Waals surface area contributed by atoms with Gasteiger partial charge in [-0.15, -0.1) is 11.0 Å². The number of nitrogens with one attached hydrogen (secondary N) is 2. The first kappa shape index (κ1) is 66.8. The molecule has 0 spiro atoms. The fourth-order valence-electron chi connectivity index (χ4n) is 5.29. The maximum absolute atomic E-state index is 14.1. The number of nitrogens with two attached hydrogens (primary N) is 3. The van der Waals surface area contributed by atoms with Crippen molar-refractivity contribution in [3.63, 3.8) is 0 Å². The third-order valence-corrected chi connectivity index (χ3v) is 8.74. The number of phenols is 1. The van der Waals surface area contributed by atoms with E-state index < -0.39 is 174 Å².